The van der Waals surface area contributed by atoms with Crippen molar-refractivity contribution in [1.29, 1.82) is 0 Å². The van der Waals surface area contributed by atoms with Gasteiger partial charge < -0.3 is 11.1 Å². The largest absolute Gasteiger partial charge is 0.389 e. The first-order valence-electron chi connectivity index (χ1n) is 6.38. The number of nitrogens with two attached hydrogens (primary N) is 1. The van der Waals surface area contributed by atoms with Crippen molar-refractivity contribution in [3.63, 3.8) is 0 Å². The number of rotatable bonds is 5. The molecule has 0 aliphatic heterocycles. The maximum atomic E-state index is 6.21. The van der Waals surface area contributed by atoms with Crippen molar-refractivity contribution in [2.45, 2.75) is 19.9 Å². The molecule has 1 aromatic heterocycles. The molecule has 20 heavy (non-hydrogen) atoms. The van der Waals surface area contributed by atoms with Gasteiger partial charge in [0.05, 0.1) is 11.1 Å². The van der Waals surface area contributed by atoms with Gasteiger partial charge in [0.2, 0.25) is 0 Å². The maximum absolute atomic E-state index is 6.21. The van der Waals surface area contributed by atoms with Crippen LogP contribution in [-0.4, -0.2) is 4.99 Å². The van der Waals surface area contributed by atoms with E-state index in [1.807, 2.05) is 18.2 Å². The van der Waals surface area contributed by atoms with Gasteiger partial charge in [-0.3, -0.25) is 0 Å². The highest BCUT2D eigenvalue weighted by atomic mass is 35.5. The second-order valence-corrected chi connectivity index (χ2v) is 6.77. The van der Waals surface area contributed by atoms with Crippen molar-refractivity contribution in [3.8, 4) is 0 Å². The van der Waals surface area contributed by atoms with Crippen LogP contribution in [0.1, 0.15) is 30.3 Å². The van der Waals surface area contributed by atoms with Crippen molar-refractivity contribution in [2.24, 2.45) is 11.7 Å². The zero-order valence-corrected chi connectivity index (χ0v) is 13.8. The molecule has 0 fully saturated rings. The summed E-state index contributed by atoms with van der Waals surface area (Å²) in [4.78, 5) is 1.63. The van der Waals surface area contributed by atoms with Crippen molar-refractivity contribution in [1.82, 2.24) is 0 Å². The molecule has 0 aliphatic rings. The molecule has 1 atom stereocenters. The second-order valence-electron chi connectivity index (χ2n) is 4.94. The average Bonchev–Trinajstić information content (AvgIpc) is 2.88. The van der Waals surface area contributed by atoms with Gasteiger partial charge in [-0.25, -0.2) is 0 Å². The summed E-state index contributed by atoms with van der Waals surface area (Å²) < 4.78 is 0. The van der Waals surface area contributed by atoms with Gasteiger partial charge in [-0.2, -0.15) is 0 Å². The fraction of sp³-hybridized carbons (Fsp3) is 0.267. The van der Waals surface area contributed by atoms with E-state index in [2.05, 4.69) is 36.7 Å². The first kappa shape index (κ1) is 15.3. The van der Waals surface area contributed by atoms with Gasteiger partial charge in [0, 0.05) is 16.1 Å². The lowest BCUT2D eigenvalue weighted by Gasteiger charge is -2.23. The predicted molar refractivity (Wildman–Crippen MR) is 92.9 cm³/mol. The SMILES string of the molecule is CC(C)C(Nc1ccc(C(N)=S)c(Cl)c1)c1cccs1. The lowest BCUT2D eigenvalue weighted by molar-refractivity contribution is 0.554. The molecule has 0 radical (unpaired) electrons. The Morgan fingerprint density at radius 1 is 1.35 bits per heavy atom. The quantitative estimate of drug-likeness (QED) is 0.772. The molecule has 3 N–H and O–H groups in total. The van der Waals surface area contributed by atoms with Gasteiger partial charge in [0.25, 0.3) is 0 Å². The minimum atomic E-state index is 0.266. The molecular formula is C15H17ClN2S2. The van der Waals surface area contributed by atoms with E-state index in [0.29, 0.717) is 21.5 Å². The highest BCUT2D eigenvalue weighted by Gasteiger charge is 2.17. The van der Waals surface area contributed by atoms with E-state index in [4.69, 9.17) is 29.6 Å². The predicted octanol–water partition coefficient (Wildman–Crippen LogP) is 4.84. The summed E-state index contributed by atoms with van der Waals surface area (Å²) in [5.41, 5.74) is 7.31. The van der Waals surface area contributed by atoms with E-state index in [1.165, 1.54) is 4.88 Å². The number of halogens is 1. The summed E-state index contributed by atoms with van der Waals surface area (Å²) in [5.74, 6) is 0.475. The molecular weight excluding hydrogens is 308 g/mol. The van der Waals surface area contributed by atoms with E-state index in [-0.39, 0.29) is 6.04 Å². The van der Waals surface area contributed by atoms with E-state index in [9.17, 15) is 0 Å². The molecule has 0 saturated carbocycles. The Labute approximate surface area is 134 Å². The van der Waals surface area contributed by atoms with E-state index >= 15 is 0 Å². The van der Waals surface area contributed by atoms with Crippen molar-refractivity contribution >= 4 is 45.8 Å². The normalized spacial score (nSPS) is 12.4. The Balaban J connectivity index is 2.24. The number of anilines is 1. The molecule has 2 nitrogen and oxygen atoms in total. The Kier molecular flexibility index (Phi) is 5.02. The van der Waals surface area contributed by atoms with Gasteiger partial charge in [0.1, 0.15) is 4.99 Å². The molecule has 2 rings (SSSR count). The zero-order valence-electron chi connectivity index (χ0n) is 11.4. The zero-order chi connectivity index (χ0) is 14.7. The molecule has 5 heteroatoms. The van der Waals surface area contributed by atoms with Crippen LogP contribution in [0, 0.1) is 5.92 Å². The fourth-order valence-electron chi connectivity index (χ4n) is 2.02. The number of benzene rings is 1. The Morgan fingerprint density at radius 2 is 2.10 bits per heavy atom. The summed E-state index contributed by atoms with van der Waals surface area (Å²) in [6.45, 7) is 4.39. The summed E-state index contributed by atoms with van der Waals surface area (Å²) in [6.07, 6.45) is 0. The second kappa shape index (κ2) is 6.57. The van der Waals surface area contributed by atoms with Gasteiger partial charge in [0.15, 0.2) is 0 Å². The summed E-state index contributed by atoms with van der Waals surface area (Å²) in [5, 5.41) is 6.20. The van der Waals surface area contributed by atoms with Crippen LogP contribution in [0.5, 0.6) is 0 Å². The van der Waals surface area contributed by atoms with Crippen LogP contribution < -0.4 is 11.1 Å². The monoisotopic (exact) mass is 324 g/mol. The van der Waals surface area contributed by atoms with Crippen molar-refractivity contribution < 1.29 is 0 Å². The molecule has 1 heterocycles. The van der Waals surface area contributed by atoms with Crippen molar-refractivity contribution in [3.05, 3.63) is 51.2 Å². The molecule has 0 saturated heterocycles. The van der Waals surface area contributed by atoms with Gasteiger partial charge in [-0.1, -0.05) is 43.7 Å². The Morgan fingerprint density at radius 3 is 2.60 bits per heavy atom. The Hall–Kier alpha value is -1.10. The van der Waals surface area contributed by atoms with Gasteiger partial charge >= 0.3 is 0 Å². The molecule has 0 bridgehead atoms. The number of thiophene rings is 1. The third-order valence-electron chi connectivity index (χ3n) is 3.07. The lowest BCUT2D eigenvalue weighted by Crippen LogP contribution is -2.16. The number of thiocarbonyl (C=S) groups is 1. The van der Waals surface area contributed by atoms with Crippen LogP contribution in [0.2, 0.25) is 5.02 Å². The highest BCUT2D eigenvalue weighted by molar-refractivity contribution is 7.80. The summed E-state index contributed by atoms with van der Waals surface area (Å²) >= 11 is 12.9. The number of hydrogen-bond acceptors (Lipinski definition) is 3. The molecule has 0 amide bonds. The van der Waals surface area contributed by atoms with Crippen LogP contribution in [-0.2, 0) is 0 Å². The van der Waals surface area contributed by atoms with E-state index < -0.39 is 0 Å². The van der Waals surface area contributed by atoms with E-state index in [1.54, 1.807) is 11.3 Å². The van der Waals surface area contributed by atoms with Gasteiger partial charge in [-0.15, -0.1) is 11.3 Å². The third kappa shape index (κ3) is 3.51. The summed E-state index contributed by atoms with van der Waals surface area (Å²) in [6, 6.07) is 10.2. The standard InChI is InChI=1S/C15H17ClN2S2/c1-9(2)14(13-4-3-7-20-13)18-10-5-6-11(15(17)19)12(16)8-10/h3-9,14,18H,1-2H3,(H2,17,19). The lowest BCUT2D eigenvalue weighted by atomic mass is 10.0. The first-order valence-corrected chi connectivity index (χ1v) is 8.05. The maximum Gasteiger partial charge on any atom is 0.105 e. The topological polar surface area (TPSA) is 38.0 Å². The van der Waals surface area contributed by atoms with Crippen molar-refractivity contribution in [2.75, 3.05) is 5.32 Å². The minimum absolute atomic E-state index is 0.266. The third-order valence-corrected chi connectivity index (χ3v) is 4.56. The molecule has 0 spiro atoms. The average molecular weight is 325 g/mol. The van der Waals surface area contributed by atoms with Crippen LogP contribution in [0.4, 0.5) is 5.69 Å². The highest BCUT2D eigenvalue weighted by Crippen LogP contribution is 2.31. The smallest absolute Gasteiger partial charge is 0.105 e. The molecule has 0 aliphatic carbocycles. The number of nitrogens with one attached hydrogen (secondary N) is 1. The minimum Gasteiger partial charge on any atom is -0.389 e. The molecule has 2 aromatic rings. The molecule has 1 aromatic carbocycles. The van der Waals surface area contributed by atoms with Crippen LogP contribution in [0.15, 0.2) is 35.7 Å². The fourth-order valence-corrected chi connectivity index (χ4v) is 3.48. The summed E-state index contributed by atoms with van der Waals surface area (Å²) in [7, 11) is 0. The molecule has 106 valence electrons. The number of hydrogen-bond donors (Lipinski definition) is 2. The molecule has 1 unspecified atom stereocenters. The van der Waals surface area contributed by atoms with Crippen LogP contribution >= 0.6 is 35.2 Å². The Bertz CT molecular complexity index is 594. The van der Waals surface area contributed by atoms with E-state index in [0.717, 1.165) is 5.69 Å². The van der Waals surface area contributed by atoms with Crippen LogP contribution in [0.3, 0.4) is 0 Å². The van der Waals surface area contributed by atoms with Gasteiger partial charge in [-0.05, 0) is 35.6 Å². The first-order chi connectivity index (χ1) is 9.49. The van der Waals surface area contributed by atoms with Crippen LogP contribution in [0.25, 0.3) is 0 Å².